The van der Waals surface area contributed by atoms with E-state index < -0.39 is 11.9 Å². The molecule has 0 N–H and O–H groups in total. The lowest BCUT2D eigenvalue weighted by Gasteiger charge is -2.33. The van der Waals surface area contributed by atoms with Crippen molar-refractivity contribution in [1.29, 1.82) is 0 Å². The predicted molar refractivity (Wildman–Crippen MR) is 108 cm³/mol. The van der Waals surface area contributed by atoms with Gasteiger partial charge >= 0.3 is 5.97 Å². The molecule has 1 fully saturated rings. The standard InChI is InChI=1S/C20H26BrFN2O5/c1-4-28-20(27)14-6-5-9-24(11-14)18(25)12-23(3)19(26)13(2)29-17-8-7-15(22)10-16(17)21/h7-8,10,13-14H,4-6,9,11-12H2,1-3H3. The fraction of sp³-hybridized carbons (Fsp3) is 0.550. The summed E-state index contributed by atoms with van der Waals surface area (Å²) < 4.78 is 24.2. The third kappa shape index (κ3) is 6.42. The average Bonchev–Trinajstić information content (AvgIpc) is 2.69. The number of likely N-dealkylation sites (tertiary alicyclic amines) is 1. The minimum absolute atomic E-state index is 0.118. The number of carbonyl (C=O) groups is 3. The molecular weight excluding hydrogens is 447 g/mol. The van der Waals surface area contributed by atoms with Gasteiger partial charge in [-0.3, -0.25) is 14.4 Å². The largest absolute Gasteiger partial charge is 0.480 e. The second-order valence-electron chi connectivity index (χ2n) is 6.96. The lowest BCUT2D eigenvalue weighted by atomic mass is 9.98. The highest BCUT2D eigenvalue weighted by Crippen LogP contribution is 2.26. The first-order valence-corrected chi connectivity index (χ1v) is 10.3. The number of rotatable bonds is 7. The van der Waals surface area contributed by atoms with Crippen LogP contribution in [0.4, 0.5) is 4.39 Å². The molecule has 9 heteroatoms. The Balaban J connectivity index is 1.90. The summed E-state index contributed by atoms with van der Waals surface area (Å²) in [5, 5.41) is 0. The number of hydrogen-bond acceptors (Lipinski definition) is 5. The molecule has 0 spiro atoms. The molecule has 1 heterocycles. The molecule has 2 rings (SSSR count). The summed E-state index contributed by atoms with van der Waals surface area (Å²) in [7, 11) is 1.52. The maximum absolute atomic E-state index is 13.2. The number of ether oxygens (including phenoxy) is 2. The van der Waals surface area contributed by atoms with Crippen LogP contribution in [0.15, 0.2) is 22.7 Å². The smallest absolute Gasteiger partial charge is 0.310 e. The Labute approximate surface area is 178 Å². The van der Waals surface area contributed by atoms with Crippen molar-refractivity contribution in [2.45, 2.75) is 32.8 Å². The van der Waals surface area contributed by atoms with E-state index in [4.69, 9.17) is 9.47 Å². The van der Waals surface area contributed by atoms with Gasteiger partial charge in [-0.05, 0) is 60.8 Å². The van der Waals surface area contributed by atoms with Gasteiger partial charge < -0.3 is 19.3 Å². The zero-order valence-corrected chi connectivity index (χ0v) is 18.4. The average molecular weight is 473 g/mol. The third-order valence-electron chi connectivity index (χ3n) is 4.69. The monoisotopic (exact) mass is 472 g/mol. The van der Waals surface area contributed by atoms with E-state index in [9.17, 15) is 18.8 Å². The summed E-state index contributed by atoms with van der Waals surface area (Å²) in [6.45, 7) is 4.35. The highest BCUT2D eigenvalue weighted by Gasteiger charge is 2.31. The van der Waals surface area contributed by atoms with Gasteiger partial charge in [0.25, 0.3) is 5.91 Å². The van der Waals surface area contributed by atoms with Gasteiger partial charge in [0.2, 0.25) is 5.91 Å². The summed E-state index contributed by atoms with van der Waals surface area (Å²) in [5.41, 5.74) is 0. The van der Waals surface area contributed by atoms with Crippen LogP contribution >= 0.6 is 15.9 Å². The first-order valence-electron chi connectivity index (χ1n) is 9.54. The molecule has 1 aliphatic rings. The Morgan fingerprint density at radius 1 is 1.38 bits per heavy atom. The van der Waals surface area contributed by atoms with Crippen LogP contribution in [-0.2, 0) is 19.1 Å². The molecule has 160 valence electrons. The van der Waals surface area contributed by atoms with E-state index in [1.807, 2.05) is 0 Å². The SMILES string of the molecule is CCOC(=O)C1CCCN(C(=O)CN(C)C(=O)C(C)Oc2ccc(F)cc2Br)C1. The van der Waals surface area contributed by atoms with Gasteiger partial charge in [0.05, 0.1) is 23.5 Å². The number of amides is 2. The summed E-state index contributed by atoms with van der Waals surface area (Å²) >= 11 is 3.19. The number of nitrogens with zero attached hydrogens (tertiary/aromatic N) is 2. The van der Waals surface area contributed by atoms with Crippen LogP contribution in [0.25, 0.3) is 0 Å². The summed E-state index contributed by atoms with van der Waals surface area (Å²) in [6, 6.07) is 3.91. The molecule has 0 aliphatic carbocycles. The van der Waals surface area contributed by atoms with Gasteiger partial charge in [0, 0.05) is 20.1 Å². The number of likely N-dealkylation sites (N-methyl/N-ethyl adjacent to an activating group) is 1. The van der Waals surface area contributed by atoms with Crippen molar-refractivity contribution in [3.05, 3.63) is 28.5 Å². The molecule has 1 aromatic carbocycles. The Bertz CT molecular complexity index is 760. The second kappa shape index (κ2) is 10.6. The van der Waals surface area contributed by atoms with Crippen LogP contribution in [0.2, 0.25) is 0 Å². The molecule has 7 nitrogen and oxygen atoms in total. The number of carbonyl (C=O) groups excluding carboxylic acids is 3. The predicted octanol–water partition coefficient (Wildman–Crippen LogP) is 2.62. The minimum Gasteiger partial charge on any atom is -0.480 e. The van der Waals surface area contributed by atoms with E-state index in [0.717, 1.165) is 0 Å². The maximum atomic E-state index is 13.2. The lowest BCUT2D eigenvalue weighted by molar-refractivity contribution is -0.152. The van der Waals surface area contributed by atoms with Crippen LogP contribution < -0.4 is 4.74 Å². The summed E-state index contributed by atoms with van der Waals surface area (Å²) in [4.78, 5) is 40.0. The van der Waals surface area contributed by atoms with Gasteiger partial charge in [-0.15, -0.1) is 0 Å². The molecular formula is C20H26BrFN2O5. The molecule has 0 bridgehead atoms. The van der Waals surface area contributed by atoms with E-state index >= 15 is 0 Å². The van der Waals surface area contributed by atoms with Crippen LogP contribution in [0.3, 0.4) is 0 Å². The molecule has 2 amide bonds. The molecule has 2 atom stereocenters. The van der Waals surface area contributed by atoms with Crippen LogP contribution in [0.5, 0.6) is 5.75 Å². The van der Waals surface area contributed by atoms with Gasteiger partial charge in [-0.25, -0.2) is 4.39 Å². The van der Waals surface area contributed by atoms with E-state index in [1.54, 1.807) is 18.7 Å². The number of hydrogen-bond donors (Lipinski definition) is 0. The number of benzene rings is 1. The molecule has 1 aromatic rings. The van der Waals surface area contributed by atoms with Gasteiger partial charge in [0.15, 0.2) is 6.10 Å². The number of esters is 1. The van der Waals surface area contributed by atoms with E-state index in [-0.39, 0.29) is 30.2 Å². The Morgan fingerprint density at radius 2 is 2.10 bits per heavy atom. The second-order valence-corrected chi connectivity index (χ2v) is 7.81. The normalized spacial score (nSPS) is 17.4. The highest BCUT2D eigenvalue weighted by molar-refractivity contribution is 9.10. The van der Waals surface area contributed by atoms with Crippen LogP contribution in [0.1, 0.15) is 26.7 Å². The van der Waals surface area contributed by atoms with Crippen molar-refractivity contribution >= 4 is 33.7 Å². The zero-order chi connectivity index (χ0) is 21.6. The Kier molecular flexibility index (Phi) is 8.43. The molecule has 2 unspecified atom stereocenters. The molecule has 1 saturated heterocycles. The van der Waals surface area contributed by atoms with Crippen LogP contribution in [-0.4, -0.2) is 67.0 Å². The van der Waals surface area contributed by atoms with Gasteiger partial charge in [-0.1, -0.05) is 0 Å². The summed E-state index contributed by atoms with van der Waals surface area (Å²) in [5.74, 6) is -1.32. The first-order chi connectivity index (χ1) is 13.7. The molecule has 1 aliphatic heterocycles. The van der Waals surface area contributed by atoms with Crippen molar-refractivity contribution in [1.82, 2.24) is 9.80 Å². The topological polar surface area (TPSA) is 76.2 Å². The fourth-order valence-corrected chi connectivity index (χ4v) is 3.60. The van der Waals surface area contributed by atoms with Crippen LogP contribution in [0, 0.1) is 11.7 Å². The number of piperidine rings is 1. The van der Waals surface area contributed by atoms with E-state index in [2.05, 4.69) is 15.9 Å². The number of halogens is 2. The highest BCUT2D eigenvalue weighted by atomic mass is 79.9. The molecule has 0 saturated carbocycles. The molecule has 29 heavy (non-hydrogen) atoms. The van der Waals surface area contributed by atoms with Crippen molar-refractivity contribution < 1.29 is 28.2 Å². The Morgan fingerprint density at radius 3 is 2.76 bits per heavy atom. The summed E-state index contributed by atoms with van der Waals surface area (Å²) in [6.07, 6.45) is 0.544. The maximum Gasteiger partial charge on any atom is 0.310 e. The van der Waals surface area contributed by atoms with Crippen molar-refractivity contribution in [3.63, 3.8) is 0 Å². The van der Waals surface area contributed by atoms with E-state index in [0.29, 0.717) is 42.8 Å². The molecule has 0 aromatic heterocycles. The first kappa shape index (κ1) is 23.1. The third-order valence-corrected chi connectivity index (χ3v) is 5.31. The van der Waals surface area contributed by atoms with Gasteiger partial charge in [-0.2, -0.15) is 0 Å². The minimum atomic E-state index is -0.858. The quantitative estimate of drug-likeness (QED) is 0.570. The Hall–Kier alpha value is -2.16. The van der Waals surface area contributed by atoms with Crippen molar-refractivity contribution in [2.24, 2.45) is 5.92 Å². The van der Waals surface area contributed by atoms with E-state index in [1.165, 1.54) is 30.1 Å². The lowest BCUT2D eigenvalue weighted by Crippen LogP contribution is -2.48. The zero-order valence-electron chi connectivity index (χ0n) is 16.8. The molecule has 0 radical (unpaired) electrons. The van der Waals surface area contributed by atoms with Gasteiger partial charge in [0.1, 0.15) is 11.6 Å². The van der Waals surface area contributed by atoms with Crippen molar-refractivity contribution in [2.75, 3.05) is 33.3 Å². The van der Waals surface area contributed by atoms with Crippen molar-refractivity contribution in [3.8, 4) is 5.75 Å². The fourth-order valence-electron chi connectivity index (χ4n) is 3.16.